The summed E-state index contributed by atoms with van der Waals surface area (Å²) in [6, 6.07) is -0.245. The lowest BCUT2D eigenvalue weighted by molar-refractivity contribution is -0.156. The number of ketones is 5. The van der Waals surface area contributed by atoms with Crippen LogP contribution in [0.5, 0.6) is 0 Å². The van der Waals surface area contributed by atoms with Gasteiger partial charge < -0.3 is 43.0 Å². The number of carbonyl (C=O) groups is 13. The topological polar surface area (TPSA) is 296 Å². The van der Waals surface area contributed by atoms with Gasteiger partial charge in [0.25, 0.3) is 0 Å². The highest BCUT2D eigenvalue weighted by Crippen LogP contribution is 2.34. The molecule has 3 saturated heterocycles. The first kappa shape index (κ1) is 111. The van der Waals surface area contributed by atoms with Crippen molar-refractivity contribution in [3.05, 3.63) is 0 Å². The predicted octanol–water partition coefficient (Wildman–Crippen LogP) is 17.9. The van der Waals surface area contributed by atoms with E-state index in [1.165, 1.54) is 104 Å². The number of likely N-dealkylation sites (tertiary alicyclic amines) is 3. The van der Waals surface area contributed by atoms with Crippen LogP contribution in [0.3, 0.4) is 0 Å². The summed E-state index contributed by atoms with van der Waals surface area (Å²) < 4.78 is 36.2. The van der Waals surface area contributed by atoms with Gasteiger partial charge in [-0.2, -0.15) is 0 Å². The molecule has 0 aromatic carbocycles. The molecule has 7 rings (SSSR count). The summed E-state index contributed by atoms with van der Waals surface area (Å²) in [5.41, 5.74) is 0.338. The van der Waals surface area contributed by atoms with E-state index in [4.69, 9.17) is 33.2 Å². The van der Waals surface area contributed by atoms with Gasteiger partial charge in [0, 0.05) is 55.6 Å². The van der Waals surface area contributed by atoms with Crippen molar-refractivity contribution in [3.63, 3.8) is 0 Å². The first-order valence-electron chi connectivity index (χ1n) is 45.4. The number of esters is 7. The number of ether oxygens (including phenoxy) is 7. The van der Waals surface area contributed by atoms with Crippen molar-refractivity contribution in [2.24, 2.45) is 82.3 Å². The Kier molecular flexibility index (Phi) is 59.8. The van der Waals surface area contributed by atoms with Gasteiger partial charge in [-0.1, -0.05) is 164 Å². The van der Waals surface area contributed by atoms with Gasteiger partial charge in [0.1, 0.15) is 41.9 Å². The second kappa shape index (κ2) is 63.1. The molecular formula is C94H167N3O20. The van der Waals surface area contributed by atoms with Crippen molar-refractivity contribution in [1.29, 1.82) is 0 Å². The van der Waals surface area contributed by atoms with Crippen LogP contribution in [0.1, 0.15) is 345 Å². The SMILES string of the molecule is CC(=O)C1CCC(OC(=O)C(C)C)CC1.CC(=O)C1CCC(OC(=O)C(C)C)CC1.CC(=O)[C@@H]1CCCN1C(=O)CCCOC(=O)C(C)C.CC(=O)[C@H]1CC[C@@H](C(=O)C(C)C)C1.CC(C)C(=O)OCC1CCCCC1.CC(C)C(=O)OCCCC(C)(C)C.CC(C)C(=O)OCCCN1CCCCC1.CC(C)C(=O)OCCN1CCCCC1. The fourth-order valence-electron chi connectivity index (χ4n) is 14.1. The van der Waals surface area contributed by atoms with Crippen molar-refractivity contribution >= 4 is 76.6 Å². The smallest absolute Gasteiger partial charge is 0.308 e. The number of hydrogen-bond donors (Lipinski definition) is 0. The minimum atomic E-state index is -0.245. The molecule has 23 heteroatoms. The molecule has 0 radical (unpaired) electrons. The molecule has 0 unspecified atom stereocenters. The van der Waals surface area contributed by atoms with Gasteiger partial charge >= 0.3 is 41.8 Å². The summed E-state index contributed by atoms with van der Waals surface area (Å²) in [6.45, 7) is 52.7. The first-order valence-corrected chi connectivity index (χ1v) is 45.4. The van der Waals surface area contributed by atoms with Crippen LogP contribution >= 0.6 is 0 Å². The van der Waals surface area contributed by atoms with E-state index in [0.717, 1.165) is 116 Å². The van der Waals surface area contributed by atoms with Crippen LogP contribution in [-0.2, 0) is 95.5 Å². The standard InChI is InChI=1S/C14H23NO4.C12H23NO2.2C12H20O3.C11H21NO2.C11H18O2.C11H20O2.C11H22O2/c1-10(2)14(18)19-9-5-7-13(17)15-8-4-6-12(15)11(3)16;1-11(2)12(14)15-10-6-9-13-7-4-3-5-8-13;2*1-8(2)12(14)15-11-6-4-10(5-7-11)9(3)13;1-10(2)11(13)14-9-8-12-6-4-3-5-7-12;1-7(2)11(13)10-5-4-9(6-10)8(3)12;1-9(2)11(12)13-8-10-6-4-3-5-7-10;1-9(2)10(12)13-8-6-7-11(3,4)5/h10,12H,4-9H2,1-3H3;11H,3-10H2,1-2H3;2*8,10-11H,4-7H2,1-3H3;10H,3-9H2,1-2H3;7,9-10H,4-6H2,1-3H3;9-10H,3-8H2,1-2H3;9H,6-8H2,1-5H3/t12-;;;;;9-,10+;;/m0....0../s1. The highest BCUT2D eigenvalue weighted by molar-refractivity contribution is 5.88. The van der Waals surface area contributed by atoms with Crippen LogP contribution in [-0.4, -0.2) is 188 Å². The van der Waals surface area contributed by atoms with Crippen molar-refractivity contribution in [1.82, 2.24) is 14.7 Å². The van der Waals surface area contributed by atoms with Crippen molar-refractivity contribution < 1.29 is 95.5 Å². The maximum Gasteiger partial charge on any atom is 0.308 e. The first-order chi connectivity index (χ1) is 54.9. The minimum absolute atomic E-state index is 0.0000123. The molecule has 117 heavy (non-hydrogen) atoms. The molecule has 7 aliphatic rings. The molecule has 0 spiro atoms. The van der Waals surface area contributed by atoms with Crippen LogP contribution < -0.4 is 0 Å². The average molecular weight is 1660 g/mol. The second-order valence-corrected chi connectivity index (χ2v) is 37.1. The number of nitrogens with zero attached hydrogens (tertiary/aromatic N) is 3. The Morgan fingerprint density at radius 2 is 0.675 bits per heavy atom. The van der Waals surface area contributed by atoms with Crippen LogP contribution in [0, 0.1) is 82.3 Å². The summed E-state index contributed by atoms with van der Waals surface area (Å²) in [4.78, 5) is 153. The zero-order valence-electron chi connectivity index (χ0n) is 77.7. The molecule has 3 heterocycles. The number of Topliss-reactive ketones (excluding diaryl/α,β-unsaturated/α-hetero) is 5. The number of amides is 1. The third-order valence-corrected chi connectivity index (χ3v) is 22.1. The zero-order valence-corrected chi connectivity index (χ0v) is 77.7. The fraction of sp³-hybridized carbons (Fsp3) is 0.862. The zero-order chi connectivity index (χ0) is 88.9. The van der Waals surface area contributed by atoms with Crippen molar-refractivity contribution in [3.8, 4) is 0 Å². The lowest BCUT2D eigenvalue weighted by Crippen LogP contribution is -2.39. The average Bonchev–Trinajstić information content (AvgIpc) is 1.73. The molecule has 0 bridgehead atoms. The number of hydrogen-bond acceptors (Lipinski definition) is 22. The van der Waals surface area contributed by atoms with E-state index in [1.54, 1.807) is 39.5 Å². The number of rotatable bonds is 31. The highest BCUT2D eigenvalue weighted by Gasteiger charge is 2.35. The Morgan fingerprint density at radius 3 is 1.04 bits per heavy atom. The summed E-state index contributed by atoms with van der Waals surface area (Å²) in [5, 5.41) is 0. The van der Waals surface area contributed by atoms with Crippen LogP contribution in [0.4, 0.5) is 0 Å². The molecule has 7 fully saturated rings. The quantitative estimate of drug-likeness (QED) is 0.0354. The maximum atomic E-state index is 12.0. The van der Waals surface area contributed by atoms with Gasteiger partial charge in [0.15, 0.2) is 5.78 Å². The Balaban J connectivity index is 0.00000132. The molecular weight excluding hydrogens is 1490 g/mol. The summed E-state index contributed by atoms with van der Waals surface area (Å²) in [6.07, 6.45) is 29.4. The Hall–Kier alpha value is -5.97. The van der Waals surface area contributed by atoms with E-state index < -0.39 is 0 Å². The van der Waals surface area contributed by atoms with Gasteiger partial charge in [-0.3, -0.25) is 67.2 Å². The lowest BCUT2D eigenvalue weighted by Gasteiger charge is -2.27. The van der Waals surface area contributed by atoms with E-state index in [9.17, 15) is 62.3 Å². The van der Waals surface area contributed by atoms with Crippen LogP contribution in [0.25, 0.3) is 0 Å². The molecule has 4 saturated carbocycles. The largest absolute Gasteiger partial charge is 0.465 e. The third-order valence-electron chi connectivity index (χ3n) is 22.1. The Labute approximate surface area is 708 Å². The van der Waals surface area contributed by atoms with E-state index in [-0.39, 0.29) is 167 Å². The normalized spacial score (nSPS) is 20.9. The van der Waals surface area contributed by atoms with Crippen molar-refractivity contribution in [2.45, 2.75) is 364 Å². The highest BCUT2D eigenvalue weighted by atomic mass is 16.6. The number of piperidine rings is 2. The third kappa shape index (κ3) is 54.1. The monoisotopic (exact) mass is 1660 g/mol. The molecule has 0 N–H and O–H groups in total. The van der Waals surface area contributed by atoms with Crippen LogP contribution in [0.15, 0.2) is 0 Å². The summed E-state index contributed by atoms with van der Waals surface area (Å²) in [7, 11) is 0. The molecule has 23 nitrogen and oxygen atoms in total. The Bertz CT molecular complexity index is 2790. The number of carbonyl (C=O) groups excluding carboxylic acids is 13. The van der Waals surface area contributed by atoms with Crippen molar-refractivity contribution in [2.75, 3.05) is 78.8 Å². The maximum absolute atomic E-state index is 12.0. The Morgan fingerprint density at radius 1 is 0.325 bits per heavy atom. The van der Waals surface area contributed by atoms with Gasteiger partial charge in [0.05, 0.1) is 73.9 Å². The van der Waals surface area contributed by atoms with E-state index in [2.05, 4.69) is 30.6 Å². The van der Waals surface area contributed by atoms with Gasteiger partial charge in [-0.05, 0) is 213 Å². The predicted molar refractivity (Wildman–Crippen MR) is 460 cm³/mol. The van der Waals surface area contributed by atoms with E-state index in [0.29, 0.717) is 62.9 Å². The molecule has 1 amide bonds. The molecule has 3 aliphatic heterocycles. The minimum Gasteiger partial charge on any atom is -0.465 e. The molecule has 678 valence electrons. The van der Waals surface area contributed by atoms with E-state index in [1.807, 2.05) is 96.9 Å². The molecule has 4 aliphatic carbocycles. The molecule has 0 aromatic heterocycles. The fourth-order valence-corrected chi connectivity index (χ4v) is 14.1. The van der Waals surface area contributed by atoms with Gasteiger partial charge in [-0.25, -0.2) is 0 Å². The lowest BCUT2D eigenvalue weighted by atomic mass is 9.85. The van der Waals surface area contributed by atoms with Gasteiger partial charge in [0.2, 0.25) is 5.91 Å². The molecule has 3 atom stereocenters. The summed E-state index contributed by atoms with van der Waals surface area (Å²) in [5.74, 6) is 1.59. The van der Waals surface area contributed by atoms with E-state index >= 15 is 0 Å². The van der Waals surface area contributed by atoms with Crippen LogP contribution in [0.2, 0.25) is 0 Å². The van der Waals surface area contributed by atoms with Gasteiger partial charge in [-0.15, -0.1) is 0 Å². The molecule has 0 aromatic rings. The second-order valence-electron chi connectivity index (χ2n) is 37.1. The summed E-state index contributed by atoms with van der Waals surface area (Å²) >= 11 is 0.